The monoisotopic (exact) mass is 368 g/mol. The van der Waals surface area contributed by atoms with Crippen LogP contribution in [0.25, 0.3) is 0 Å². The lowest BCUT2D eigenvalue weighted by atomic mass is 10.0. The highest BCUT2D eigenvalue weighted by molar-refractivity contribution is 6.31. The second-order valence-corrected chi connectivity index (χ2v) is 6.51. The van der Waals surface area contributed by atoms with E-state index in [9.17, 15) is 4.79 Å². The molecule has 1 amide bonds. The molecule has 0 saturated carbocycles. The van der Waals surface area contributed by atoms with Crippen LogP contribution in [0.15, 0.2) is 30.3 Å². The maximum Gasteiger partial charge on any atom is 0.274 e. The lowest BCUT2D eigenvalue weighted by Gasteiger charge is -2.36. The highest BCUT2D eigenvalue weighted by Gasteiger charge is 2.31. The van der Waals surface area contributed by atoms with Crippen molar-refractivity contribution in [2.45, 2.75) is 25.8 Å². The van der Waals surface area contributed by atoms with E-state index in [0.717, 1.165) is 17.8 Å². The SMILES string of the molecule is CC(C)c1cc(C(=O)N2CCNCC2c2ccccc2Cl)n[nH]1.Cl. The number of aromatic amines is 1. The molecule has 1 aromatic heterocycles. The van der Waals surface area contributed by atoms with Gasteiger partial charge in [-0.15, -0.1) is 12.4 Å². The number of hydrogen-bond acceptors (Lipinski definition) is 3. The van der Waals surface area contributed by atoms with Gasteiger partial charge in [-0.25, -0.2) is 0 Å². The number of rotatable bonds is 3. The predicted molar refractivity (Wildman–Crippen MR) is 98.0 cm³/mol. The number of benzene rings is 1. The fourth-order valence-corrected chi connectivity index (χ4v) is 3.12. The summed E-state index contributed by atoms with van der Waals surface area (Å²) in [5, 5.41) is 11.2. The molecule has 3 rings (SSSR count). The van der Waals surface area contributed by atoms with Gasteiger partial charge >= 0.3 is 0 Å². The van der Waals surface area contributed by atoms with Crippen molar-refractivity contribution in [3.05, 3.63) is 52.3 Å². The number of nitrogens with zero attached hydrogens (tertiary/aromatic N) is 2. The van der Waals surface area contributed by atoms with Gasteiger partial charge in [0.2, 0.25) is 0 Å². The second-order valence-electron chi connectivity index (χ2n) is 6.10. The zero-order chi connectivity index (χ0) is 16.4. The molecule has 1 aliphatic rings. The van der Waals surface area contributed by atoms with Gasteiger partial charge in [0, 0.05) is 30.4 Å². The normalized spacial score (nSPS) is 17.7. The van der Waals surface area contributed by atoms with Gasteiger partial charge in [-0.2, -0.15) is 5.10 Å². The van der Waals surface area contributed by atoms with Crippen molar-refractivity contribution in [2.24, 2.45) is 0 Å². The highest BCUT2D eigenvalue weighted by atomic mass is 35.5. The Bertz CT molecular complexity index is 701. The molecule has 24 heavy (non-hydrogen) atoms. The van der Waals surface area contributed by atoms with Crippen molar-refractivity contribution >= 4 is 29.9 Å². The summed E-state index contributed by atoms with van der Waals surface area (Å²) in [7, 11) is 0. The average Bonchev–Trinajstić information content (AvgIpc) is 3.05. The molecule has 2 aromatic rings. The first-order valence-electron chi connectivity index (χ1n) is 7.89. The minimum atomic E-state index is -0.0795. The van der Waals surface area contributed by atoms with Gasteiger partial charge in [0.1, 0.15) is 5.69 Å². The summed E-state index contributed by atoms with van der Waals surface area (Å²) < 4.78 is 0. The Morgan fingerprint density at radius 2 is 2.12 bits per heavy atom. The number of carbonyl (C=O) groups is 1. The van der Waals surface area contributed by atoms with Gasteiger partial charge in [0.25, 0.3) is 5.91 Å². The van der Waals surface area contributed by atoms with Gasteiger partial charge in [-0.1, -0.05) is 43.6 Å². The zero-order valence-corrected chi connectivity index (χ0v) is 15.3. The molecule has 1 aliphatic heterocycles. The summed E-state index contributed by atoms with van der Waals surface area (Å²) >= 11 is 6.33. The molecule has 7 heteroatoms. The number of nitrogens with one attached hydrogen (secondary N) is 2. The zero-order valence-electron chi connectivity index (χ0n) is 13.8. The van der Waals surface area contributed by atoms with Crippen LogP contribution in [0.1, 0.15) is 47.6 Å². The predicted octanol–water partition coefficient (Wildman–Crippen LogP) is 3.40. The van der Waals surface area contributed by atoms with Crippen molar-refractivity contribution in [3.63, 3.8) is 0 Å². The van der Waals surface area contributed by atoms with Crippen molar-refractivity contribution in [1.82, 2.24) is 20.4 Å². The maximum absolute atomic E-state index is 12.9. The topological polar surface area (TPSA) is 61.0 Å². The van der Waals surface area contributed by atoms with Gasteiger partial charge in [0.15, 0.2) is 0 Å². The van der Waals surface area contributed by atoms with E-state index >= 15 is 0 Å². The van der Waals surface area contributed by atoms with Crippen molar-refractivity contribution in [2.75, 3.05) is 19.6 Å². The molecule has 2 heterocycles. The van der Waals surface area contributed by atoms with Crippen LogP contribution in [0.2, 0.25) is 5.02 Å². The lowest BCUT2D eigenvalue weighted by Crippen LogP contribution is -2.48. The molecule has 0 aliphatic carbocycles. The van der Waals surface area contributed by atoms with Crippen LogP contribution in [0, 0.1) is 0 Å². The third kappa shape index (κ3) is 3.74. The average molecular weight is 369 g/mol. The summed E-state index contributed by atoms with van der Waals surface area (Å²) in [6.45, 7) is 6.24. The molecule has 1 saturated heterocycles. The molecule has 0 spiro atoms. The standard InChI is InChI=1S/C17H21ClN4O.ClH/c1-11(2)14-9-15(21-20-14)17(23)22-8-7-19-10-16(22)12-5-3-4-6-13(12)18;/h3-6,9,11,16,19H,7-8,10H2,1-2H3,(H,20,21);1H. The third-order valence-corrected chi connectivity index (χ3v) is 4.55. The molecule has 2 N–H and O–H groups in total. The van der Waals surface area contributed by atoms with Crippen molar-refractivity contribution in [3.8, 4) is 0 Å². The number of amides is 1. The van der Waals surface area contributed by atoms with Crippen molar-refractivity contribution < 1.29 is 4.79 Å². The molecule has 5 nitrogen and oxygen atoms in total. The van der Waals surface area contributed by atoms with E-state index < -0.39 is 0 Å². The minimum Gasteiger partial charge on any atom is -0.328 e. The largest absolute Gasteiger partial charge is 0.328 e. The Labute approximate surface area is 153 Å². The summed E-state index contributed by atoms with van der Waals surface area (Å²) in [4.78, 5) is 14.8. The van der Waals surface area contributed by atoms with E-state index in [0.29, 0.717) is 29.7 Å². The summed E-state index contributed by atoms with van der Waals surface area (Å²) in [6, 6.07) is 9.45. The lowest BCUT2D eigenvalue weighted by molar-refractivity contribution is 0.0628. The van der Waals surface area contributed by atoms with E-state index in [1.54, 1.807) is 0 Å². The molecule has 0 radical (unpaired) electrons. The van der Waals surface area contributed by atoms with E-state index in [2.05, 4.69) is 29.4 Å². The summed E-state index contributed by atoms with van der Waals surface area (Å²) in [6.07, 6.45) is 0. The Morgan fingerprint density at radius 1 is 1.38 bits per heavy atom. The number of carbonyl (C=O) groups excluding carboxylic acids is 1. The number of piperazine rings is 1. The molecule has 0 bridgehead atoms. The van der Waals surface area contributed by atoms with Gasteiger partial charge in [-0.05, 0) is 23.6 Å². The fourth-order valence-electron chi connectivity index (χ4n) is 2.86. The molecule has 1 unspecified atom stereocenters. The van der Waals surface area contributed by atoms with Crippen LogP contribution in [0.4, 0.5) is 0 Å². The number of aromatic nitrogens is 2. The molecule has 1 aromatic carbocycles. The molecule has 130 valence electrons. The third-order valence-electron chi connectivity index (χ3n) is 4.21. The quantitative estimate of drug-likeness (QED) is 0.872. The minimum absolute atomic E-state index is 0. The molecule has 1 fully saturated rings. The van der Waals surface area contributed by atoms with Gasteiger partial charge < -0.3 is 10.2 Å². The smallest absolute Gasteiger partial charge is 0.274 e. The van der Waals surface area contributed by atoms with Crippen LogP contribution in [0.3, 0.4) is 0 Å². The molecular formula is C17H22Cl2N4O. The van der Waals surface area contributed by atoms with Crippen LogP contribution >= 0.6 is 24.0 Å². The van der Waals surface area contributed by atoms with E-state index in [-0.39, 0.29) is 24.4 Å². The number of halogens is 2. The number of hydrogen-bond donors (Lipinski definition) is 2. The Morgan fingerprint density at radius 3 is 2.79 bits per heavy atom. The fraction of sp³-hybridized carbons (Fsp3) is 0.412. The first-order valence-corrected chi connectivity index (χ1v) is 8.27. The van der Waals surface area contributed by atoms with Gasteiger partial charge in [0.05, 0.1) is 6.04 Å². The highest BCUT2D eigenvalue weighted by Crippen LogP contribution is 2.29. The maximum atomic E-state index is 12.9. The van der Waals surface area contributed by atoms with Crippen molar-refractivity contribution in [1.29, 1.82) is 0 Å². The Kier molecular flexibility index (Phi) is 6.27. The van der Waals surface area contributed by atoms with Gasteiger partial charge in [-0.3, -0.25) is 9.89 Å². The second kappa shape index (κ2) is 8.01. The number of H-pyrrole nitrogens is 1. The van der Waals surface area contributed by atoms with E-state index in [1.165, 1.54) is 0 Å². The van der Waals surface area contributed by atoms with Crippen LogP contribution < -0.4 is 5.32 Å². The van der Waals surface area contributed by atoms with Crippen LogP contribution in [-0.4, -0.2) is 40.6 Å². The van der Waals surface area contributed by atoms with E-state index in [4.69, 9.17) is 11.6 Å². The molecule has 1 atom stereocenters. The van der Waals surface area contributed by atoms with Crippen LogP contribution in [0.5, 0.6) is 0 Å². The summed E-state index contributed by atoms with van der Waals surface area (Å²) in [5.41, 5.74) is 2.40. The summed E-state index contributed by atoms with van der Waals surface area (Å²) in [5.74, 6) is 0.256. The first kappa shape index (κ1) is 18.8. The Hall–Kier alpha value is -1.56. The molecular weight excluding hydrogens is 347 g/mol. The first-order chi connectivity index (χ1) is 11.1. The Balaban J connectivity index is 0.00000208. The van der Waals surface area contributed by atoms with E-state index in [1.807, 2.05) is 35.2 Å². The van der Waals surface area contributed by atoms with Crippen LogP contribution in [-0.2, 0) is 0 Å².